The average Bonchev–Trinajstić information content (AvgIpc) is 2.87. The molecule has 2 amide bonds. The molecule has 1 aromatic heterocycles. The summed E-state index contributed by atoms with van der Waals surface area (Å²) < 4.78 is 4.89. The second kappa shape index (κ2) is 7.49. The van der Waals surface area contributed by atoms with Crippen LogP contribution < -0.4 is 5.32 Å². The Morgan fingerprint density at radius 2 is 2.14 bits per heavy atom. The molecule has 118 valence electrons. The van der Waals surface area contributed by atoms with Crippen LogP contribution in [0.25, 0.3) is 0 Å². The van der Waals surface area contributed by atoms with Crippen molar-refractivity contribution in [1.29, 1.82) is 0 Å². The first-order valence-corrected chi connectivity index (χ1v) is 7.29. The van der Waals surface area contributed by atoms with Crippen molar-refractivity contribution >= 4 is 35.1 Å². The van der Waals surface area contributed by atoms with Gasteiger partial charge in [-0.2, -0.15) is 0 Å². The van der Waals surface area contributed by atoms with Crippen LogP contribution in [0.1, 0.15) is 11.3 Å². The number of hydrogen-bond donors (Lipinski definition) is 2. The summed E-state index contributed by atoms with van der Waals surface area (Å²) >= 11 is 11.8. The summed E-state index contributed by atoms with van der Waals surface area (Å²) in [5.74, 6) is 0.910. The van der Waals surface area contributed by atoms with Gasteiger partial charge in [-0.15, -0.1) is 0 Å². The molecule has 2 aromatic rings. The molecule has 0 aliphatic rings. The summed E-state index contributed by atoms with van der Waals surface area (Å²) in [4.78, 5) is 13.7. The fourth-order valence-electron chi connectivity index (χ4n) is 1.85. The summed E-state index contributed by atoms with van der Waals surface area (Å²) in [6.45, 7) is 2.01. The Balaban J connectivity index is 2.07. The first-order chi connectivity index (χ1) is 10.5. The van der Waals surface area contributed by atoms with Crippen molar-refractivity contribution in [2.24, 2.45) is 0 Å². The van der Waals surface area contributed by atoms with Crippen LogP contribution in [-0.2, 0) is 6.54 Å². The summed E-state index contributed by atoms with van der Waals surface area (Å²) in [6, 6.07) is 6.32. The number of aliphatic hydroxyl groups is 1. The maximum Gasteiger partial charge on any atom is 0.323 e. The minimum atomic E-state index is -0.395. The molecule has 0 atom stereocenters. The largest absolute Gasteiger partial charge is 0.395 e. The van der Waals surface area contributed by atoms with Crippen LogP contribution in [-0.4, -0.2) is 34.3 Å². The molecular weight excluding hydrogens is 329 g/mol. The van der Waals surface area contributed by atoms with Gasteiger partial charge in [-0.05, 0) is 24.6 Å². The fraction of sp³-hybridized carbons (Fsp3) is 0.286. The Bertz CT molecular complexity index is 661. The highest BCUT2D eigenvalue weighted by Crippen LogP contribution is 2.23. The number of carbonyl (C=O) groups excluding carboxylic acids is 1. The molecule has 0 bridgehead atoms. The minimum Gasteiger partial charge on any atom is -0.395 e. The van der Waals surface area contributed by atoms with E-state index in [-0.39, 0.29) is 19.7 Å². The van der Waals surface area contributed by atoms with Crippen molar-refractivity contribution in [3.63, 3.8) is 0 Å². The van der Waals surface area contributed by atoms with Crippen molar-refractivity contribution in [2.75, 3.05) is 18.5 Å². The predicted octanol–water partition coefficient (Wildman–Crippen LogP) is 3.32. The second-order valence-corrected chi connectivity index (χ2v) is 5.46. The maximum absolute atomic E-state index is 12.2. The molecule has 8 heteroatoms. The molecule has 2 N–H and O–H groups in total. The van der Waals surface area contributed by atoms with Gasteiger partial charge in [0.15, 0.2) is 5.82 Å². The van der Waals surface area contributed by atoms with Gasteiger partial charge in [0.1, 0.15) is 5.76 Å². The van der Waals surface area contributed by atoms with Crippen LogP contribution >= 0.6 is 23.2 Å². The summed E-state index contributed by atoms with van der Waals surface area (Å²) in [7, 11) is 0. The molecule has 0 spiro atoms. The number of hydrogen-bond acceptors (Lipinski definition) is 4. The number of nitrogens with zero attached hydrogens (tertiary/aromatic N) is 2. The van der Waals surface area contributed by atoms with Crippen molar-refractivity contribution in [1.82, 2.24) is 10.1 Å². The number of nitrogens with one attached hydrogen (secondary N) is 1. The van der Waals surface area contributed by atoms with Gasteiger partial charge in [-0.1, -0.05) is 34.4 Å². The highest BCUT2D eigenvalue weighted by molar-refractivity contribution is 6.42. The fourth-order valence-corrected chi connectivity index (χ4v) is 2.17. The van der Waals surface area contributed by atoms with Crippen molar-refractivity contribution in [3.8, 4) is 0 Å². The van der Waals surface area contributed by atoms with E-state index in [2.05, 4.69) is 10.5 Å². The highest BCUT2D eigenvalue weighted by Gasteiger charge is 2.15. The van der Waals surface area contributed by atoms with Crippen molar-refractivity contribution in [3.05, 3.63) is 45.6 Å². The van der Waals surface area contributed by atoms with Crippen LogP contribution in [0.15, 0.2) is 28.8 Å². The van der Waals surface area contributed by atoms with Crippen molar-refractivity contribution < 1.29 is 14.4 Å². The van der Waals surface area contributed by atoms with E-state index in [9.17, 15) is 4.79 Å². The van der Waals surface area contributed by atoms with Gasteiger partial charge in [0.05, 0.1) is 16.7 Å². The Hall–Kier alpha value is -1.76. The van der Waals surface area contributed by atoms with Gasteiger partial charge in [-0.3, -0.25) is 5.32 Å². The molecule has 1 heterocycles. The third-order valence-electron chi connectivity index (χ3n) is 2.88. The van der Waals surface area contributed by atoms with Crippen LogP contribution in [0, 0.1) is 6.92 Å². The Morgan fingerprint density at radius 3 is 2.73 bits per heavy atom. The third-order valence-corrected chi connectivity index (χ3v) is 3.62. The first-order valence-electron chi connectivity index (χ1n) is 6.53. The van der Waals surface area contributed by atoms with Crippen molar-refractivity contribution in [2.45, 2.75) is 13.5 Å². The van der Waals surface area contributed by atoms with E-state index in [1.165, 1.54) is 4.90 Å². The lowest BCUT2D eigenvalue weighted by atomic mass is 10.2. The zero-order valence-corrected chi connectivity index (χ0v) is 13.4. The molecule has 0 saturated heterocycles. The highest BCUT2D eigenvalue weighted by atomic mass is 35.5. The SMILES string of the molecule is Cc1cc(NC(=O)N(CCO)Cc2ccc(Cl)c(Cl)c2)no1. The molecule has 2 rings (SSSR count). The van der Waals surface area contributed by atoms with Gasteiger partial charge in [0.25, 0.3) is 0 Å². The Kier molecular flexibility index (Phi) is 5.65. The van der Waals surface area contributed by atoms with Gasteiger partial charge >= 0.3 is 6.03 Å². The monoisotopic (exact) mass is 343 g/mol. The lowest BCUT2D eigenvalue weighted by molar-refractivity contribution is 0.185. The molecule has 0 saturated carbocycles. The van der Waals surface area contributed by atoms with Crippen LogP contribution in [0.4, 0.5) is 10.6 Å². The number of anilines is 1. The maximum atomic E-state index is 12.2. The smallest absolute Gasteiger partial charge is 0.323 e. The normalized spacial score (nSPS) is 10.5. The molecule has 0 aliphatic heterocycles. The molecule has 22 heavy (non-hydrogen) atoms. The lowest BCUT2D eigenvalue weighted by Crippen LogP contribution is -2.36. The number of aliphatic hydroxyl groups excluding tert-OH is 1. The average molecular weight is 344 g/mol. The van der Waals surface area contributed by atoms with E-state index in [1.807, 2.05) is 0 Å². The van der Waals surface area contributed by atoms with E-state index in [4.69, 9.17) is 32.8 Å². The van der Waals surface area contributed by atoms with Gasteiger partial charge < -0.3 is 14.5 Å². The molecule has 1 aromatic carbocycles. The molecule has 6 nitrogen and oxygen atoms in total. The van der Waals surface area contributed by atoms with Gasteiger partial charge in [0.2, 0.25) is 0 Å². The zero-order valence-electron chi connectivity index (χ0n) is 11.8. The third kappa shape index (κ3) is 4.37. The predicted molar refractivity (Wildman–Crippen MR) is 84.2 cm³/mol. The van der Waals surface area contributed by atoms with Crippen LogP contribution in [0.3, 0.4) is 0 Å². The number of rotatable bonds is 5. The quantitative estimate of drug-likeness (QED) is 0.872. The first kappa shape index (κ1) is 16.6. The summed E-state index contributed by atoms with van der Waals surface area (Å²) in [6.07, 6.45) is 0. The molecular formula is C14H15Cl2N3O3. The van der Waals surface area contributed by atoms with Crippen LogP contribution in [0.2, 0.25) is 10.0 Å². The number of halogens is 2. The lowest BCUT2D eigenvalue weighted by Gasteiger charge is -2.21. The van der Waals surface area contributed by atoms with E-state index in [0.29, 0.717) is 21.6 Å². The van der Waals surface area contributed by atoms with Gasteiger partial charge in [-0.25, -0.2) is 4.79 Å². The number of aryl methyl sites for hydroxylation is 1. The number of carbonyl (C=O) groups is 1. The van der Waals surface area contributed by atoms with E-state index >= 15 is 0 Å². The molecule has 0 unspecified atom stereocenters. The summed E-state index contributed by atoms with van der Waals surface area (Å²) in [5, 5.41) is 16.3. The minimum absolute atomic E-state index is 0.160. The summed E-state index contributed by atoms with van der Waals surface area (Å²) in [5.41, 5.74) is 0.800. The molecule has 0 fully saturated rings. The Morgan fingerprint density at radius 1 is 1.36 bits per heavy atom. The van der Waals surface area contributed by atoms with E-state index in [0.717, 1.165) is 5.56 Å². The standard InChI is InChI=1S/C14H15Cl2N3O3/c1-9-6-13(18-22-9)17-14(21)19(4-5-20)8-10-2-3-11(15)12(16)7-10/h2-3,6-7,20H,4-5,8H2,1H3,(H,17,18,21). The van der Waals surface area contributed by atoms with E-state index in [1.54, 1.807) is 31.2 Å². The number of benzene rings is 1. The number of aromatic nitrogens is 1. The second-order valence-electron chi connectivity index (χ2n) is 4.65. The number of urea groups is 1. The van der Waals surface area contributed by atoms with E-state index < -0.39 is 6.03 Å². The zero-order chi connectivity index (χ0) is 16.1. The molecule has 0 aliphatic carbocycles. The van der Waals surface area contributed by atoms with Crippen LogP contribution in [0.5, 0.6) is 0 Å². The number of amides is 2. The topological polar surface area (TPSA) is 78.6 Å². The Labute approximate surface area is 137 Å². The van der Waals surface area contributed by atoms with Gasteiger partial charge in [0, 0.05) is 19.2 Å². The molecule has 0 radical (unpaired) electrons.